The molecule has 0 bridgehead atoms. The monoisotopic (exact) mass is 378 g/mol. The zero-order valence-electron chi connectivity index (χ0n) is 17.5. The Morgan fingerprint density at radius 3 is 2.57 bits per heavy atom. The van der Waals surface area contributed by atoms with E-state index in [9.17, 15) is 4.79 Å². The molecule has 1 aliphatic rings. The van der Waals surface area contributed by atoms with Gasteiger partial charge >= 0.3 is 0 Å². The Hall–Kier alpha value is -2.53. The number of hydrogen-bond acceptors (Lipinski definition) is 4. The normalized spacial score (nSPS) is 15.7. The van der Waals surface area contributed by atoms with Crippen molar-refractivity contribution in [2.45, 2.75) is 52.2 Å². The van der Waals surface area contributed by atoms with Gasteiger partial charge in [-0.05, 0) is 62.7 Å². The molecule has 0 radical (unpaired) electrons. The Morgan fingerprint density at radius 1 is 1.14 bits per heavy atom. The van der Waals surface area contributed by atoms with Crippen molar-refractivity contribution in [2.75, 3.05) is 14.1 Å². The smallest absolute Gasteiger partial charge is 0.270 e. The molecule has 0 saturated heterocycles. The second kappa shape index (κ2) is 8.65. The average Bonchev–Trinajstić information content (AvgIpc) is 3.02. The molecule has 3 rings (SSSR count). The topological polar surface area (TPSA) is 57.6 Å². The number of aromatic nitrogens is 1. The Morgan fingerprint density at radius 2 is 1.89 bits per heavy atom. The van der Waals surface area contributed by atoms with Gasteiger partial charge in [0.25, 0.3) is 5.91 Å². The first-order valence-corrected chi connectivity index (χ1v) is 10.0. The van der Waals surface area contributed by atoms with Crippen LogP contribution in [0.1, 0.15) is 56.3 Å². The van der Waals surface area contributed by atoms with Crippen LogP contribution in [-0.4, -0.2) is 41.6 Å². The highest BCUT2D eigenvalue weighted by atomic mass is 16.2. The summed E-state index contributed by atoms with van der Waals surface area (Å²) in [7, 11) is 4.09. The Balaban J connectivity index is 1.92. The number of nitrogens with zero attached hydrogens (tertiary/aromatic N) is 3. The predicted octanol–water partition coefficient (Wildman–Crippen LogP) is 3.98. The molecule has 1 atom stereocenters. The standard InChI is InChI=1S/C23H30N4O/c1-6-19(7-2)26-23(28)22-21-11-17(8-9-20(21)15(3)25-22)18-10-16(12-24-13-18)14-27(4)5/h8-13,15,19H,6-7,14H2,1-5H3,(H,26,28)/t15-/m0/s1. The number of carbonyl (C=O) groups is 1. The molecule has 1 aromatic carbocycles. The van der Waals surface area contributed by atoms with Gasteiger partial charge in [-0.2, -0.15) is 0 Å². The molecule has 0 fully saturated rings. The number of fused-ring (bicyclic) bond motifs is 1. The van der Waals surface area contributed by atoms with Gasteiger partial charge in [-0.25, -0.2) is 0 Å². The maximum Gasteiger partial charge on any atom is 0.270 e. The lowest BCUT2D eigenvalue weighted by Gasteiger charge is -2.15. The molecule has 0 spiro atoms. The summed E-state index contributed by atoms with van der Waals surface area (Å²) in [6, 6.07) is 8.63. The van der Waals surface area contributed by atoms with E-state index in [1.165, 1.54) is 0 Å². The number of nitrogens with one attached hydrogen (secondary N) is 1. The van der Waals surface area contributed by atoms with Crippen LogP contribution in [0.15, 0.2) is 41.7 Å². The van der Waals surface area contributed by atoms with Gasteiger partial charge in [0.05, 0.1) is 6.04 Å². The minimum absolute atomic E-state index is 0.00435. The third kappa shape index (κ3) is 4.30. The van der Waals surface area contributed by atoms with Gasteiger partial charge in [0.15, 0.2) is 0 Å². The van der Waals surface area contributed by atoms with Crippen LogP contribution in [-0.2, 0) is 11.3 Å². The maximum atomic E-state index is 12.8. The molecule has 1 aromatic heterocycles. The lowest BCUT2D eigenvalue weighted by Crippen LogP contribution is -2.38. The first kappa shape index (κ1) is 20.2. The molecule has 28 heavy (non-hydrogen) atoms. The van der Waals surface area contributed by atoms with E-state index in [0.29, 0.717) is 5.71 Å². The highest BCUT2D eigenvalue weighted by Gasteiger charge is 2.28. The zero-order valence-corrected chi connectivity index (χ0v) is 17.5. The molecule has 5 nitrogen and oxygen atoms in total. The number of aliphatic imine (C=N–C) groups is 1. The molecule has 2 aromatic rings. The van der Waals surface area contributed by atoms with E-state index >= 15 is 0 Å². The van der Waals surface area contributed by atoms with Crippen LogP contribution in [0.2, 0.25) is 0 Å². The van der Waals surface area contributed by atoms with Crippen LogP contribution in [0.5, 0.6) is 0 Å². The van der Waals surface area contributed by atoms with Crippen molar-refractivity contribution in [1.82, 2.24) is 15.2 Å². The van der Waals surface area contributed by atoms with Crippen LogP contribution in [0.25, 0.3) is 11.1 Å². The van der Waals surface area contributed by atoms with Crippen molar-refractivity contribution >= 4 is 11.6 Å². The Bertz CT molecular complexity index is 884. The lowest BCUT2D eigenvalue weighted by atomic mass is 9.96. The van der Waals surface area contributed by atoms with Crippen molar-refractivity contribution in [2.24, 2.45) is 4.99 Å². The van der Waals surface area contributed by atoms with Crippen molar-refractivity contribution in [1.29, 1.82) is 0 Å². The van der Waals surface area contributed by atoms with Crippen molar-refractivity contribution in [3.8, 4) is 11.1 Å². The first-order chi connectivity index (χ1) is 13.4. The summed E-state index contributed by atoms with van der Waals surface area (Å²) in [6.07, 6.45) is 5.61. The summed E-state index contributed by atoms with van der Waals surface area (Å²) in [5.74, 6) is -0.0732. The van der Waals surface area contributed by atoms with E-state index in [-0.39, 0.29) is 18.0 Å². The van der Waals surface area contributed by atoms with Crippen LogP contribution in [0.3, 0.4) is 0 Å². The fraction of sp³-hybridized carbons (Fsp3) is 0.435. The van der Waals surface area contributed by atoms with E-state index < -0.39 is 0 Å². The van der Waals surface area contributed by atoms with Gasteiger partial charge in [0, 0.05) is 36.1 Å². The fourth-order valence-electron chi connectivity index (χ4n) is 3.66. The zero-order chi connectivity index (χ0) is 20.3. The third-order valence-corrected chi connectivity index (χ3v) is 5.24. The minimum Gasteiger partial charge on any atom is -0.348 e. The molecule has 0 saturated carbocycles. The SMILES string of the molecule is CCC(CC)NC(=O)C1=N[C@@H](C)c2ccc(-c3cncc(CN(C)C)c3)cc21. The number of rotatable bonds is 7. The lowest BCUT2D eigenvalue weighted by molar-refractivity contribution is -0.115. The molecule has 1 N–H and O–H groups in total. The summed E-state index contributed by atoms with van der Waals surface area (Å²) in [5.41, 5.74) is 5.87. The first-order valence-electron chi connectivity index (χ1n) is 10.0. The molecule has 2 heterocycles. The van der Waals surface area contributed by atoms with Gasteiger partial charge in [0.1, 0.15) is 5.71 Å². The molecular weight excluding hydrogens is 348 g/mol. The van der Waals surface area contributed by atoms with E-state index in [1.807, 2.05) is 33.4 Å². The summed E-state index contributed by atoms with van der Waals surface area (Å²) in [6.45, 7) is 7.06. The van der Waals surface area contributed by atoms with Crippen molar-refractivity contribution in [3.05, 3.63) is 53.3 Å². The van der Waals surface area contributed by atoms with Crippen LogP contribution < -0.4 is 5.32 Å². The van der Waals surface area contributed by atoms with Crippen LogP contribution in [0.4, 0.5) is 0 Å². The number of benzene rings is 1. The van der Waals surface area contributed by atoms with E-state index in [0.717, 1.165) is 47.2 Å². The second-order valence-corrected chi connectivity index (χ2v) is 7.76. The summed E-state index contributed by atoms with van der Waals surface area (Å²) < 4.78 is 0. The van der Waals surface area contributed by atoms with E-state index in [4.69, 9.17) is 0 Å². The van der Waals surface area contributed by atoms with Crippen molar-refractivity contribution in [3.63, 3.8) is 0 Å². The number of carbonyl (C=O) groups excluding carboxylic acids is 1. The minimum atomic E-state index is -0.0732. The molecule has 1 aliphatic heterocycles. The van der Waals surface area contributed by atoms with Gasteiger partial charge in [0.2, 0.25) is 0 Å². The number of pyridine rings is 1. The van der Waals surface area contributed by atoms with Gasteiger partial charge in [-0.15, -0.1) is 0 Å². The van der Waals surface area contributed by atoms with Gasteiger partial charge in [-0.3, -0.25) is 14.8 Å². The van der Waals surface area contributed by atoms with E-state index in [2.05, 4.69) is 58.3 Å². The summed E-state index contributed by atoms with van der Waals surface area (Å²) >= 11 is 0. The van der Waals surface area contributed by atoms with Crippen LogP contribution in [0, 0.1) is 0 Å². The van der Waals surface area contributed by atoms with Gasteiger partial charge in [-0.1, -0.05) is 26.0 Å². The van der Waals surface area contributed by atoms with Crippen molar-refractivity contribution < 1.29 is 4.79 Å². The maximum absolute atomic E-state index is 12.8. The quantitative estimate of drug-likeness (QED) is 0.793. The molecule has 0 unspecified atom stereocenters. The largest absolute Gasteiger partial charge is 0.348 e. The predicted molar refractivity (Wildman–Crippen MR) is 115 cm³/mol. The molecule has 148 valence electrons. The Labute approximate surface area is 167 Å². The third-order valence-electron chi connectivity index (χ3n) is 5.24. The molecule has 5 heteroatoms. The number of hydrogen-bond donors (Lipinski definition) is 1. The molecule has 0 aliphatic carbocycles. The highest BCUT2D eigenvalue weighted by molar-refractivity contribution is 6.46. The van der Waals surface area contributed by atoms with Gasteiger partial charge < -0.3 is 10.2 Å². The average molecular weight is 379 g/mol. The highest BCUT2D eigenvalue weighted by Crippen LogP contribution is 2.33. The summed E-state index contributed by atoms with van der Waals surface area (Å²) in [4.78, 5) is 24.0. The second-order valence-electron chi connectivity index (χ2n) is 7.76. The number of amides is 1. The molecular formula is C23H30N4O. The summed E-state index contributed by atoms with van der Waals surface area (Å²) in [5, 5.41) is 3.12. The Kier molecular flexibility index (Phi) is 6.25. The van der Waals surface area contributed by atoms with E-state index in [1.54, 1.807) is 0 Å². The van der Waals surface area contributed by atoms with Crippen LogP contribution >= 0.6 is 0 Å². The molecule has 1 amide bonds. The fourth-order valence-corrected chi connectivity index (χ4v) is 3.66.